The van der Waals surface area contributed by atoms with E-state index in [0.717, 1.165) is 11.5 Å². The molecule has 0 aliphatic carbocycles. The zero-order valence-electron chi connectivity index (χ0n) is 6.05. The average Bonchev–Trinajstić information content (AvgIpc) is 1.91. The maximum Gasteiger partial charge on any atom is 0.0592 e. The van der Waals surface area contributed by atoms with Crippen molar-refractivity contribution in [1.29, 1.82) is 0 Å². The van der Waals surface area contributed by atoms with Crippen LogP contribution in [0.25, 0.3) is 0 Å². The number of likely N-dealkylation sites (N-methyl/N-ethyl adjacent to an activating group) is 1. The van der Waals surface area contributed by atoms with Gasteiger partial charge in [-0.25, -0.2) is 0 Å². The van der Waals surface area contributed by atoms with Crippen LogP contribution in [0.1, 0.15) is 6.92 Å². The van der Waals surface area contributed by atoms with Gasteiger partial charge in [-0.15, -0.1) is 0 Å². The van der Waals surface area contributed by atoms with Crippen molar-refractivity contribution in [2.24, 2.45) is 0 Å². The molecule has 0 heterocycles. The lowest BCUT2D eigenvalue weighted by molar-refractivity contribution is 0.260. The lowest BCUT2D eigenvalue weighted by Crippen LogP contribution is -2.31. The van der Waals surface area contributed by atoms with Crippen molar-refractivity contribution in [2.75, 3.05) is 25.2 Å². The Morgan fingerprint density at radius 1 is 1.67 bits per heavy atom. The first-order valence-electron chi connectivity index (χ1n) is 3.21. The Morgan fingerprint density at radius 2 is 2.33 bits per heavy atom. The van der Waals surface area contributed by atoms with Gasteiger partial charge in [0.2, 0.25) is 0 Å². The molecule has 0 saturated carbocycles. The summed E-state index contributed by atoms with van der Waals surface area (Å²) in [4.78, 5) is 0. The number of nitrogens with one attached hydrogen (secondary N) is 1. The van der Waals surface area contributed by atoms with Crippen LogP contribution in [0.2, 0.25) is 0 Å². The third-order valence-electron chi connectivity index (χ3n) is 1.15. The van der Waals surface area contributed by atoms with Gasteiger partial charge in [0.25, 0.3) is 0 Å². The summed E-state index contributed by atoms with van der Waals surface area (Å²) in [5, 5.41) is 11.7. The minimum absolute atomic E-state index is 0.240. The SMILES string of the molecule is CCSCC(CO)NC. The summed E-state index contributed by atoms with van der Waals surface area (Å²) in [5.74, 6) is 2.13. The molecule has 0 fully saturated rings. The van der Waals surface area contributed by atoms with Crippen molar-refractivity contribution in [1.82, 2.24) is 5.32 Å². The van der Waals surface area contributed by atoms with Crippen LogP contribution in [-0.2, 0) is 0 Å². The quantitative estimate of drug-likeness (QED) is 0.590. The van der Waals surface area contributed by atoms with Crippen molar-refractivity contribution < 1.29 is 5.11 Å². The lowest BCUT2D eigenvalue weighted by atomic mass is 10.4. The Labute approximate surface area is 61.0 Å². The maximum absolute atomic E-state index is 8.68. The maximum atomic E-state index is 8.68. The first kappa shape index (κ1) is 9.27. The van der Waals surface area contributed by atoms with Crippen LogP contribution in [0.5, 0.6) is 0 Å². The highest BCUT2D eigenvalue weighted by atomic mass is 32.2. The van der Waals surface area contributed by atoms with Crippen LogP contribution < -0.4 is 5.32 Å². The van der Waals surface area contributed by atoms with Crippen LogP contribution in [0.15, 0.2) is 0 Å². The predicted octanol–water partition coefficient (Wildman–Crippen LogP) is 0.320. The Hall–Kier alpha value is 0.270. The van der Waals surface area contributed by atoms with Gasteiger partial charge in [0.1, 0.15) is 0 Å². The normalized spacial score (nSPS) is 13.7. The van der Waals surface area contributed by atoms with Gasteiger partial charge in [0.15, 0.2) is 0 Å². The van der Waals surface area contributed by atoms with Gasteiger partial charge in [0.05, 0.1) is 6.61 Å². The molecule has 0 aliphatic rings. The standard InChI is InChI=1S/C6H15NOS/c1-3-9-5-6(4-8)7-2/h6-8H,3-5H2,1-2H3. The fraction of sp³-hybridized carbons (Fsp3) is 1.00. The molecule has 0 bridgehead atoms. The second kappa shape index (κ2) is 6.39. The largest absolute Gasteiger partial charge is 0.395 e. The van der Waals surface area contributed by atoms with Crippen LogP contribution in [0.3, 0.4) is 0 Å². The number of hydrogen-bond donors (Lipinski definition) is 2. The molecule has 0 aromatic rings. The minimum Gasteiger partial charge on any atom is -0.395 e. The van der Waals surface area contributed by atoms with Gasteiger partial charge in [-0.3, -0.25) is 0 Å². The van der Waals surface area contributed by atoms with E-state index in [2.05, 4.69) is 12.2 Å². The Balaban J connectivity index is 3.09. The molecule has 1 unspecified atom stereocenters. The summed E-state index contributed by atoms with van der Waals surface area (Å²) in [7, 11) is 1.87. The highest BCUT2D eigenvalue weighted by molar-refractivity contribution is 7.99. The molecular weight excluding hydrogens is 134 g/mol. The molecule has 0 saturated heterocycles. The number of thioether (sulfide) groups is 1. The van der Waals surface area contributed by atoms with E-state index in [-0.39, 0.29) is 12.6 Å². The third-order valence-corrected chi connectivity index (χ3v) is 2.20. The van der Waals surface area contributed by atoms with Crippen LogP contribution in [-0.4, -0.2) is 36.3 Å². The fourth-order valence-corrected chi connectivity index (χ4v) is 1.28. The van der Waals surface area contributed by atoms with Crippen molar-refractivity contribution in [3.05, 3.63) is 0 Å². The summed E-state index contributed by atoms with van der Waals surface area (Å²) in [6.45, 7) is 2.36. The van der Waals surface area contributed by atoms with E-state index in [9.17, 15) is 0 Å². The average molecular weight is 149 g/mol. The molecule has 0 radical (unpaired) electrons. The second-order valence-corrected chi connectivity index (χ2v) is 3.15. The number of hydrogen-bond acceptors (Lipinski definition) is 3. The molecule has 0 aromatic carbocycles. The summed E-state index contributed by atoms with van der Waals surface area (Å²) in [6, 6.07) is 0.273. The molecule has 0 rings (SSSR count). The molecule has 2 N–H and O–H groups in total. The summed E-state index contributed by atoms with van der Waals surface area (Å²) < 4.78 is 0. The van der Waals surface area contributed by atoms with Gasteiger partial charge in [-0.1, -0.05) is 6.92 Å². The van der Waals surface area contributed by atoms with E-state index >= 15 is 0 Å². The van der Waals surface area contributed by atoms with E-state index in [1.165, 1.54) is 0 Å². The molecule has 0 aliphatic heterocycles. The van der Waals surface area contributed by atoms with E-state index in [0.29, 0.717) is 0 Å². The highest BCUT2D eigenvalue weighted by Crippen LogP contribution is 2.00. The van der Waals surface area contributed by atoms with Gasteiger partial charge in [-0.05, 0) is 12.8 Å². The summed E-state index contributed by atoms with van der Waals surface area (Å²) >= 11 is 1.84. The van der Waals surface area contributed by atoms with E-state index in [4.69, 9.17) is 5.11 Å². The van der Waals surface area contributed by atoms with E-state index in [1.807, 2.05) is 18.8 Å². The summed E-state index contributed by atoms with van der Waals surface area (Å²) in [5.41, 5.74) is 0. The molecule has 0 spiro atoms. The van der Waals surface area contributed by atoms with Crippen molar-refractivity contribution in [3.8, 4) is 0 Å². The van der Waals surface area contributed by atoms with Crippen molar-refractivity contribution in [2.45, 2.75) is 13.0 Å². The predicted molar refractivity (Wildman–Crippen MR) is 42.9 cm³/mol. The topological polar surface area (TPSA) is 32.3 Å². The van der Waals surface area contributed by atoms with Crippen LogP contribution in [0, 0.1) is 0 Å². The molecular formula is C6H15NOS. The van der Waals surface area contributed by atoms with Gasteiger partial charge < -0.3 is 10.4 Å². The second-order valence-electron chi connectivity index (χ2n) is 1.83. The fourth-order valence-electron chi connectivity index (χ4n) is 0.487. The Bertz CT molecular complexity index is 57.0. The van der Waals surface area contributed by atoms with Crippen LogP contribution in [0.4, 0.5) is 0 Å². The monoisotopic (exact) mass is 149 g/mol. The molecule has 0 amide bonds. The molecule has 3 heteroatoms. The Kier molecular flexibility index (Phi) is 6.58. The molecule has 1 atom stereocenters. The minimum atomic E-state index is 0.240. The van der Waals surface area contributed by atoms with Crippen molar-refractivity contribution in [3.63, 3.8) is 0 Å². The highest BCUT2D eigenvalue weighted by Gasteiger charge is 2.00. The van der Waals surface area contributed by atoms with Gasteiger partial charge >= 0.3 is 0 Å². The molecule has 56 valence electrons. The number of rotatable bonds is 5. The number of aliphatic hydroxyl groups is 1. The Morgan fingerprint density at radius 3 is 2.67 bits per heavy atom. The summed E-state index contributed by atoms with van der Waals surface area (Å²) in [6.07, 6.45) is 0. The molecule has 2 nitrogen and oxygen atoms in total. The zero-order valence-corrected chi connectivity index (χ0v) is 6.87. The molecule has 0 aromatic heterocycles. The zero-order chi connectivity index (χ0) is 7.11. The van der Waals surface area contributed by atoms with Gasteiger partial charge in [0, 0.05) is 11.8 Å². The van der Waals surface area contributed by atoms with Gasteiger partial charge in [-0.2, -0.15) is 11.8 Å². The van der Waals surface area contributed by atoms with Crippen molar-refractivity contribution >= 4 is 11.8 Å². The molecule has 9 heavy (non-hydrogen) atoms. The van der Waals surface area contributed by atoms with Crippen LogP contribution >= 0.6 is 11.8 Å². The lowest BCUT2D eigenvalue weighted by Gasteiger charge is -2.10. The first-order chi connectivity index (χ1) is 4.35. The number of aliphatic hydroxyl groups excluding tert-OH is 1. The first-order valence-corrected chi connectivity index (χ1v) is 4.36. The van der Waals surface area contributed by atoms with E-state index < -0.39 is 0 Å². The third kappa shape index (κ3) is 4.75. The van der Waals surface area contributed by atoms with E-state index in [1.54, 1.807) is 0 Å². The smallest absolute Gasteiger partial charge is 0.0592 e.